The number of thioether (sulfide) groups is 1. The number of rotatable bonds is 6. The van der Waals surface area contributed by atoms with Gasteiger partial charge in [-0.2, -0.15) is 0 Å². The van der Waals surface area contributed by atoms with Gasteiger partial charge in [0.05, 0.1) is 21.6 Å². The molecule has 0 saturated carbocycles. The van der Waals surface area contributed by atoms with E-state index in [4.69, 9.17) is 11.6 Å². The Morgan fingerprint density at radius 1 is 1.18 bits per heavy atom. The number of nitrogens with one attached hydrogen (secondary N) is 1. The first kappa shape index (κ1) is 19.8. The second kappa shape index (κ2) is 8.41. The third kappa shape index (κ3) is 4.49. The number of amides is 3. The van der Waals surface area contributed by atoms with Crippen LogP contribution in [0, 0.1) is 10.1 Å². The van der Waals surface area contributed by atoms with Crippen LogP contribution in [0.2, 0.25) is 5.02 Å². The highest BCUT2D eigenvalue weighted by Crippen LogP contribution is 2.30. The van der Waals surface area contributed by atoms with Crippen LogP contribution in [0.3, 0.4) is 0 Å². The van der Waals surface area contributed by atoms with Crippen LogP contribution in [0.4, 0.5) is 17.1 Å². The minimum Gasteiger partial charge on any atom is -0.325 e. The highest BCUT2D eigenvalue weighted by atomic mass is 35.5. The number of imide groups is 1. The molecule has 0 aliphatic carbocycles. The number of hydrogen-bond donors (Lipinski definition) is 1. The predicted octanol–water partition coefficient (Wildman–Crippen LogP) is 3.25. The number of nitrogens with zero attached hydrogens (tertiary/aromatic N) is 2. The zero-order valence-corrected chi connectivity index (χ0v) is 15.9. The van der Waals surface area contributed by atoms with Crippen LogP contribution < -0.4 is 10.2 Å². The first-order valence-corrected chi connectivity index (χ1v) is 9.56. The van der Waals surface area contributed by atoms with Gasteiger partial charge in [-0.25, -0.2) is 4.90 Å². The zero-order valence-electron chi connectivity index (χ0n) is 14.3. The second-order valence-corrected chi connectivity index (χ2v) is 7.53. The van der Waals surface area contributed by atoms with Crippen LogP contribution in [-0.4, -0.2) is 33.6 Å². The average Bonchev–Trinajstić information content (AvgIpc) is 2.95. The van der Waals surface area contributed by atoms with Crippen LogP contribution in [0.1, 0.15) is 6.42 Å². The van der Waals surface area contributed by atoms with Gasteiger partial charge in [-0.1, -0.05) is 11.6 Å². The van der Waals surface area contributed by atoms with Gasteiger partial charge in [-0.3, -0.25) is 24.5 Å². The monoisotopic (exact) mass is 419 g/mol. The Kier molecular flexibility index (Phi) is 5.96. The van der Waals surface area contributed by atoms with E-state index in [1.807, 2.05) is 0 Å². The Bertz CT molecular complexity index is 933. The number of non-ortho nitro benzene ring substituents is 1. The second-order valence-electron chi connectivity index (χ2n) is 5.90. The minimum absolute atomic E-state index is 0.0109. The topological polar surface area (TPSA) is 110 Å². The van der Waals surface area contributed by atoms with Crippen molar-refractivity contribution in [3.63, 3.8) is 0 Å². The van der Waals surface area contributed by atoms with E-state index in [9.17, 15) is 24.5 Å². The third-order valence-corrected chi connectivity index (χ3v) is 5.42. The van der Waals surface area contributed by atoms with E-state index >= 15 is 0 Å². The highest BCUT2D eigenvalue weighted by molar-refractivity contribution is 8.01. The van der Waals surface area contributed by atoms with Gasteiger partial charge in [0.15, 0.2) is 0 Å². The molecule has 3 amide bonds. The number of halogens is 1. The van der Waals surface area contributed by atoms with Crippen LogP contribution in [0.5, 0.6) is 0 Å². The van der Waals surface area contributed by atoms with Gasteiger partial charge >= 0.3 is 0 Å². The van der Waals surface area contributed by atoms with Gasteiger partial charge in [-0.05, 0) is 36.4 Å². The van der Waals surface area contributed by atoms with Gasteiger partial charge < -0.3 is 5.32 Å². The number of hydrogen-bond acceptors (Lipinski definition) is 6. The quantitative estimate of drug-likeness (QED) is 0.437. The standard InChI is InChI=1S/C18H14ClN3O5S/c19-11-1-5-13(6-2-11)21-17(24)9-15(18(21)25)28-10-16(23)20-12-3-7-14(8-4-12)22(26)27/h1-8,15H,9-10H2,(H,20,23). The van der Waals surface area contributed by atoms with E-state index in [0.29, 0.717) is 16.4 Å². The maximum Gasteiger partial charge on any atom is 0.269 e. The van der Waals surface area contributed by atoms with Crippen molar-refractivity contribution in [3.8, 4) is 0 Å². The van der Waals surface area contributed by atoms with Crippen LogP contribution in [0.15, 0.2) is 48.5 Å². The SMILES string of the molecule is O=C(CSC1CC(=O)N(c2ccc(Cl)cc2)C1=O)Nc1ccc([N+](=O)[O-])cc1. The molecule has 0 aromatic heterocycles. The number of anilines is 2. The van der Waals surface area contributed by atoms with Gasteiger partial charge in [0.1, 0.15) is 0 Å². The number of benzene rings is 2. The van der Waals surface area contributed by atoms with E-state index in [2.05, 4.69) is 5.32 Å². The van der Waals surface area contributed by atoms with Crippen molar-refractivity contribution in [3.05, 3.63) is 63.7 Å². The minimum atomic E-state index is -0.647. The largest absolute Gasteiger partial charge is 0.325 e. The smallest absolute Gasteiger partial charge is 0.269 e. The molecular weight excluding hydrogens is 406 g/mol. The fourth-order valence-corrected chi connectivity index (χ4v) is 3.69. The molecule has 28 heavy (non-hydrogen) atoms. The first-order valence-electron chi connectivity index (χ1n) is 8.13. The maximum absolute atomic E-state index is 12.5. The van der Waals surface area contributed by atoms with Gasteiger partial charge in [0, 0.05) is 29.3 Å². The molecule has 0 radical (unpaired) electrons. The van der Waals surface area contributed by atoms with Gasteiger partial charge in [0.2, 0.25) is 17.7 Å². The Morgan fingerprint density at radius 2 is 1.82 bits per heavy atom. The number of carbonyl (C=O) groups excluding carboxylic acids is 3. The van der Waals surface area contributed by atoms with Crippen molar-refractivity contribution in [1.82, 2.24) is 0 Å². The predicted molar refractivity (Wildman–Crippen MR) is 107 cm³/mol. The lowest BCUT2D eigenvalue weighted by molar-refractivity contribution is -0.384. The summed E-state index contributed by atoms with van der Waals surface area (Å²) in [6, 6.07) is 11.8. The third-order valence-electron chi connectivity index (χ3n) is 3.97. The molecular formula is C18H14ClN3O5S. The van der Waals surface area contributed by atoms with Crippen LogP contribution in [-0.2, 0) is 14.4 Å². The summed E-state index contributed by atoms with van der Waals surface area (Å²) in [5.41, 5.74) is 0.773. The molecule has 1 fully saturated rings. The first-order chi connectivity index (χ1) is 13.3. The Morgan fingerprint density at radius 3 is 2.43 bits per heavy atom. The summed E-state index contributed by atoms with van der Waals surface area (Å²) in [6.07, 6.45) is 0.0109. The van der Waals surface area contributed by atoms with Gasteiger partial charge in [0.25, 0.3) is 5.69 Å². The highest BCUT2D eigenvalue weighted by Gasteiger charge is 2.40. The summed E-state index contributed by atoms with van der Waals surface area (Å²) < 4.78 is 0. The molecule has 2 aromatic rings. The molecule has 1 unspecified atom stereocenters. The van der Waals surface area contributed by atoms with Crippen molar-refractivity contribution >= 4 is 58.1 Å². The number of nitro groups is 1. The summed E-state index contributed by atoms with van der Waals surface area (Å²) in [5, 5.41) is 13.1. The lowest BCUT2D eigenvalue weighted by Gasteiger charge is -2.15. The molecule has 144 valence electrons. The molecule has 8 nitrogen and oxygen atoms in total. The van der Waals surface area contributed by atoms with E-state index in [1.54, 1.807) is 24.3 Å². The van der Waals surface area contributed by atoms with E-state index in [0.717, 1.165) is 16.7 Å². The molecule has 1 saturated heterocycles. The molecule has 1 heterocycles. The molecule has 1 aliphatic rings. The zero-order chi connectivity index (χ0) is 20.3. The summed E-state index contributed by atoms with van der Waals surface area (Å²) >= 11 is 6.90. The number of nitro benzene ring substituents is 1. The molecule has 1 N–H and O–H groups in total. The summed E-state index contributed by atoms with van der Waals surface area (Å²) in [4.78, 5) is 48.0. The molecule has 2 aromatic carbocycles. The molecule has 10 heteroatoms. The summed E-state index contributed by atoms with van der Waals surface area (Å²) in [5.74, 6) is -1.11. The van der Waals surface area contributed by atoms with Gasteiger partial charge in [-0.15, -0.1) is 11.8 Å². The fraction of sp³-hybridized carbons (Fsp3) is 0.167. The summed E-state index contributed by atoms with van der Waals surface area (Å²) in [6.45, 7) is 0. The molecule has 3 rings (SSSR count). The lowest BCUT2D eigenvalue weighted by atomic mass is 10.3. The molecule has 0 bridgehead atoms. The average molecular weight is 420 g/mol. The molecule has 1 aliphatic heterocycles. The normalized spacial score (nSPS) is 16.3. The van der Waals surface area contributed by atoms with Crippen molar-refractivity contribution in [1.29, 1.82) is 0 Å². The number of carbonyl (C=O) groups is 3. The lowest BCUT2D eigenvalue weighted by Crippen LogP contribution is -2.31. The maximum atomic E-state index is 12.5. The molecule has 1 atom stereocenters. The van der Waals surface area contributed by atoms with Crippen molar-refractivity contribution in [2.75, 3.05) is 16.0 Å². The van der Waals surface area contributed by atoms with Crippen molar-refractivity contribution in [2.45, 2.75) is 11.7 Å². The Labute approximate surface area is 169 Å². The van der Waals surface area contributed by atoms with Crippen LogP contribution in [0.25, 0.3) is 0 Å². The molecule has 0 spiro atoms. The van der Waals surface area contributed by atoms with Crippen LogP contribution >= 0.6 is 23.4 Å². The van der Waals surface area contributed by atoms with Crippen molar-refractivity contribution < 1.29 is 19.3 Å². The Balaban J connectivity index is 1.56. The van der Waals surface area contributed by atoms with E-state index < -0.39 is 10.2 Å². The van der Waals surface area contributed by atoms with Crippen molar-refractivity contribution in [2.24, 2.45) is 0 Å². The Hall–Kier alpha value is -2.91. The summed E-state index contributed by atoms with van der Waals surface area (Å²) in [7, 11) is 0. The van der Waals surface area contributed by atoms with E-state index in [-0.39, 0.29) is 35.6 Å². The fourth-order valence-electron chi connectivity index (χ4n) is 2.64. The van der Waals surface area contributed by atoms with E-state index in [1.165, 1.54) is 24.3 Å².